The van der Waals surface area contributed by atoms with E-state index in [2.05, 4.69) is 5.32 Å². The summed E-state index contributed by atoms with van der Waals surface area (Å²) in [5.74, 6) is 0.730. The van der Waals surface area contributed by atoms with Crippen molar-refractivity contribution in [1.82, 2.24) is 0 Å². The molecule has 0 saturated carbocycles. The highest BCUT2D eigenvalue weighted by molar-refractivity contribution is 5.95. The minimum absolute atomic E-state index is 0.0595. The van der Waals surface area contributed by atoms with Crippen molar-refractivity contribution in [3.8, 4) is 5.75 Å². The lowest BCUT2D eigenvalue weighted by atomic mass is 10.1. The second-order valence-corrected chi connectivity index (χ2v) is 4.17. The molecule has 2 rings (SSSR count). The van der Waals surface area contributed by atoms with E-state index in [-0.39, 0.29) is 12.0 Å². The summed E-state index contributed by atoms with van der Waals surface area (Å²) in [6, 6.07) is 5.57. The van der Waals surface area contributed by atoms with Crippen molar-refractivity contribution in [2.75, 3.05) is 19.0 Å². The number of hydrogen-bond donors (Lipinski definition) is 1. The van der Waals surface area contributed by atoms with Crippen LogP contribution in [0.4, 0.5) is 5.69 Å². The van der Waals surface area contributed by atoms with Gasteiger partial charge in [-0.2, -0.15) is 0 Å². The zero-order chi connectivity index (χ0) is 12.3. The predicted octanol–water partition coefficient (Wildman–Crippen LogP) is 2.12. The zero-order valence-electron chi connectivity index (χ0n) is 10.2. The quantitative estimate of drug-likeness (QED) is 0.873. The van der Waals surface area contributed by atoms with Crippen LogP contribution in [-0.2, 0) is 9.53 Å². The van der Waals surface area contributed by atoms with E-state index in [1.807, 2.05) is 25.1 Å². The fourth-order valence-corrected chi connectivity index (χ4v) is 1.90. The first-order valence-electron chi connectivity index (χ1n) is 5.78. The highest BCUT2D eigenvalue weighted by atomic mass is 16.5. The number of aryl methyl sites for hydroxylation is 1. The molecule has 0 radical (unpaired) electrons. The number of nitrogens with one attached hydrogen (secondary N) is 1. The third kappa shape index (κ3) is 2.77. The highest BCUT2D eigenvalue weighted by Crippen LogP contribution is 2.22. The topological polar surface area (TPSA) is 47.6 Å². The molecule has 1 heterocycles. The van der Waals surface area contributed by atoms with Crippen LogP contribution >= 0.6 is 0 Å². The van der Waals surface area contributed by atoms with E-state index < -0.39 is 0 Å². The van der Waals surface area contributed by atoms with Gasteiger partial charge in [0, 0.05) is 12.3 Å². The van der Waals surface area contributed by atoms with Crippen LogP contribution in [0.25, 0.3) is 0 Å². The Bertz CT molecular complexity index is 411. The third-order valence-corrected chi connectivity index (χ3v) is 2.91. The van der Waals surface area contributed by atoms with Crippen LogP contribution in [0.2, 0.25) is 0 Å². The second-order valence-electron chi connectivity index (χ2n) is 4.17. The summed E-state index contributed by atoms with van der Waals surface area (Å²) in [6.45, 7) is 2.62. The van der Waals surface area contributed by atoms with Gasteiger partial charge >= 0.3 is 0 Å². The van der Waals surface area contributed by atoms with Crippen LogP contribution in [0.5, 0.6) is 5.75 Å². The summed E-state index contributed by atoms with van der Waals surface area (Å²) in [5.41, 5.74) is 1.79. The number of benzene rings is 1. The molecule has 0 unspecified atom stereocenters. The summed E-state index contributed by atoms with van der Waals surface area (Å²) in [5, 5.41) is 2.88. The summed E-state index contributed by atoms with van der Waals surface area (Å²) < 4.78 is 10.5. The maximum Gasteiger partial charge on any atom is 0.253 e. The number of methoxy groups -OCH3 is 1. The van der Waals surface area contributed by atoms with Crippen molar-refractivity contribution in [2.24, 2.45) is 0 Å². The van der Waals surface area contributed by atoms with Crippen LogP contribution in [0, 0.1) is 6.92 Å². The molecular formula is C13H17NO3. The predicted molar refractivity (Wildman–Crippen MR) is 65.3 cm³/mol. The SMILES string of the molecule is COc1ccc(NC(=O)[C@@H]2CCCO2)c(C)c1. The Morgan fingerprint density at radius 2 is 2.35 bits per heavy atom. The molecule has 4 nitrogen and oxygen atoms in total. The minimum Gasteiger partial charge on any atom is -0.497 e. The van der Waals surface area contributed by atoms with Gasteiger partial charge in [-0.3, -0.25) is 4.79 Å². The standard InChI is InChI=1S/C13H17NO3/c1-9-8-10(16-2)5-6-11(9)14-13(15)12-4-3-7-17-12/h5-6,8,12H,3-4,7H2,1-2H3,(H,14,15)/t12-/m0/s1. The van der Waals surface area contributed by atoms with E-state index in [4.69, 9.17) is 9.47 Å². The van der Waals surface area contributed by atoms with Crippen molar-refractivity contribution in [3.05, 3.63) is 23.8 Å². The van der Waals surface area contributed by atoms with Crippen LogP contribution in [0.3, 0.4) is 0 Å². The first-order chi connectivity index (χ1) is 8.20. The molecular weight excluding hydrogens is 218 g/mol. The number of carbonyl (C=O) groups is 1. The number of anilines is 1. The average Bonchev–Trinajstić information content (AvgIpc) is 2.85. The first kappa shape index (κ1) is 11.9. The van der Waals surface area contributed by atoms with Gasteiger partial charge in [0.15, 0.2) is 0 Å². The number of rotatable bonds is 3. The van der Waals surface area contributed by atoms with E-state index >= 15 is 0 Å². The van der Waals surface area contributed by atoms with Gasteiger partial charge < -0.3 is 14.8 Å². The molecule has 1 amide bonds. The maximum atomic E-state index is 11.9. The normalized spacial score (nSPS) is 19.1. The van der Waals surface area contributed by atoms with Crippen LogP contribution in [0.1, 0.15) is 18.4 Å². The Morgan fingerprint density at radius 1 is 1.53 bits per heavy atom. The maximum absolute atomic E-state index is 11.9. The monoisotopic (exact) mass is 235 g/mol. The van der Waals surface area contributed by atoms with Crippen molar-refractivity contribution < 1.29 is 14.3 Å². The van der Waals surface area contributed by atoms with Gasteiger partial charge in [-0.1, -0.05) is 0 Å². The molecule has 1 aromatic rings. The lowest BCUT2D eigenvalue weighted by Gasteiger charge is -2.13. The minimum atomic E-state index is -0.295. The molecule has 92 valence electrons. The lowest BCUT2D eigenvalue weighted by Crippen LogP contribution is -2.27. The van der Waals surface area contributed by atoms with Crippen molar-refractivity contribution in [1.29, 1.82) is 0 Å². The molecule has 1 saturated heterocycles. The Labute approximate surface area is 101 Å². The Kier molecular flexibility index (Phi) is 3.64. The van der Waals surface area contributed by atoms with Crippen LogP contribution < -0.4 is 10.1 Å². The molecule has 4 heteroatoms. The first-order valence-corrected chi connectivity index (χ1v) is 5.78. The van der Waals surface area contributed by atoms with Gasteiger partial charge in [-0.15, -0.1) is 0 Å². The van der Waals surface area contributed by atoms with Gasteiger partial charge in [0.25, 0.3) is 5.91 Å². The van der Waals surface area contributed by atoms with Crippen molar-refractivity contribution in [3.63, 3.8) is 0 Å². The second kappa shape index (κ2) is 5.19. The van der Waals surface area contributed by atoms with Crippen LogP contribution in [0.15, 0.2) is 18.2 Å². The number of carbonyl (C=O) groups excluding carboxylic acids is 1. The van der Waals surface area contributed by atoms with Gasteiger partial charge in [0.1, 0.15) is 11.9 Å². The molecule has 1 aliphatic rings. The number of amides is 1. The van der Waals surface area contributed by atoms with E-state index in [0.717, 1.165) is 29.8 Å². The van der Waals surface area contributed by atoms with Gasteiger partial charge in [-0.05, 0) is 43.5 Å². The number of ether oxygens (including phenoxy) is 2. The Morgan fingerprint density at radius 3 is 2.94 bits per heavy atom. The summed E-state index contributed by atoms with van der Waals surface area (Å²) in [4.78, 5) is 11.9. The van der Waals surface area contributed by atoms with Crippen LogP contribution in [-0.4, -0.2) is 25.7 Å². The molecule has 1 fully saturated rings. The Hall–Kier alpha value is -1.55. The molecule has 1 aliphatic heterocycles. The van der Waals surface area contributed by atoms with E-state index in [0.29, 0.717) is 6.61 Å². The molecule has 1 aromatic carbocycles. The fraction of sp³-hybridized carbons (Fsp3) is 0.462. The summed E-state index contributed by atoms with van der Waals surface area (Å²) >= 11 is 0. The summed E-state index contributed by atoms with van der Waals surface area (Å²) in [7, 11) is 1.62. The molecule has 0 bridgehead atoms. The smallest absolute Gasteiger partial charge is 0.253 e. The van der Waals surface area contributed by atoms with Gasteiger partial charge in [0.2, 0.25) is 0 Å². The molecule has 0 aromatic heterocycles. The van der Waals surface area contributed by atoms with Gasteiger partial charge in [0.05, 0.1) is 7.11 Å². The van der Waals surface area contributed by atoms with Gasteiger partial charge in [-0.25, -0.2) is 0 Å². The molecule has 0 spiro atoms. The number of hydrogen-bond acceptors (Lipinski definition) is 3. The van der Waals surface area contributed by atoms with E-state index in [9.17, 15) is 4.79 Å². The summed E-state index contributed by atoms with van der Waals surface area (Å²) in [6.07, 6.45) is 1.47. The van der Waals surface area contributed by atoms with Crippen molar-refractivity contribution in [2.45, 2.75) is 25.9 Å². The zero-order valence-corrected chi connectivity index (χ0v) is 10.2. The molecule has 1 N–H and O–H groups in total. The lowest BCUT2D eigenvalue weighted by molar-refractivity contribution is -0.124. The van der Waals surface area contributed by atoms with E-state index in [1.54, 1.807) is 7.11 Å². The van der Waals surface area contributed by atoms with Crippen molar-refractivity contribution >= 4 is 11.6 Å². The van der Waals surface area contributed by atoms with E-state index in [1.165, 1.54) is 0 Å². The largest absolute Gasteiger partial charge is 0.497 e. The highest BCUT2D eigenvalue weighted by Gasteiger charge is 2.23. The molecule has 0 aliphatic carbocycles. The average molecular weight is 235 g/mol. The third-order valence-electron chi connectivity index (χ3n) is 2.91. The fourth-order valence-electron chi connectivity index (χ4n) is 1.90. The molecule has 17 heavy (non-hydrogen) atoms. The Balaban J connectivity index is 2.05. The molecule has 1 atom stereocenters.